The Morgan fingerprint density at radius 1 is 1.38 bits per heavy atom. The quantitative estimate of drug-likeness (QED) is 0.664. The van der Waals surface area contributed by atoms with E-state index < -0.39 is 27.7 Å². The van der Waals surface area contributed by atoms with E-state index in [2.05, 4.69) is 5.32 Å². The molecule has 1 fully saturated rings. The van der Waals surface area contributed by atoms with Crippen LogP contribution < -0.4 is 5.32 Å². The molecule has 0 aliphatic heterocycles. The minimum Gasteiger partial charge on any atom is -0.452 e. The Morgan fingerprint density at radius 3 is 2.52 bits per heavy atom. The topological polar surface area (TPSA) is 55.4 Å². The maximum Gasteiger partial charge on any atom is 0.315 e. The molecule has 0 unspecified atom stereocenters. The lowest BCUT2D eigenvalue weighted by Crippen LogP contribution is -2.33. The summed E-state index contributed by atoms with van der Waals surface area (Å²) in [5.74, 6) is -1.04. The van der Waals surface area contributed by atoms with Crippen molar-refractivity contribution in [2.24, 2.45) is 5.41 Å². The summed E-state index contributed by atoms with van der Waals surface area (Å²) in [4.78, 5) is 23.9. The Labute approximate surface area is 137 Å². The number of carbonyl (C=O) groups excluding carboxylic acids is 2. The first-order valence-electron chi connectivity index (χ1n) is 6.31. The largest absolute Gasteiger partial charge is 0.452 e. The van der Waals surface area contributed by atoms with Crippen molar-refractivity contribution in [2.75, 3.05) is 5.32 Å². The first-order valence-corrected chi connectivity index (χ1v) is 7.44. The molecule has 114 valence electrons. The molecule has 1 aromatic rings. The lowest BCUT2D eigenvalue weighted by atomic mass is 10.1. The Hall–Kier alpha value is -0.970. The lowest BCUT2D eigenvalue weighted by molar-refractivity contribution is -0.158. The Kier molecular flexibility index (Phi) is 4.43. The predicted molar refractivity (Wildman–Crippen MR) is 82.8 cm³/mol. The highest BCUT2D eigenvalue weighted by Crippen LogP contribution is 2.64. The highest BCUT2D eigenvalue weighted by atomic mass is 35.5. The first-order chi connectivity index (χ1) is 9.65. The Balaban J connectivity index is 1.93. The summed E-state index contributed by atoms with van der Waals surface area (Å²) in [6.45, 7) is 3.09. The van der Waals surface area contributed by atoms with Crippen LogP contribution in [0.2, 0.25) is 5.02 Å². The second-order valence-electron chi connectivity index (χ2n) is 5.26. The number of anilines is 1. The monoisotopic (exact) mass is 349 g/mol. The van der Waals surface area contributed by atoms with E-state index in [-0.39, 0.29) is 0 Å². The molecule has 1 aliphatic carbocycles. The van der Waals surface area contributed by atoms with E-state index in [4.69, 9.17) is 39.5 Å². The molecule has 0 heterocycles. The van der Waals surface area contributed by atoms with Crippen LogP contribution in [0.3, 0.4) is 0 Å². The molecule has 0 spiro atoms. The molecule has 1 aliphatic rings. The number of carbonyl (C=O) groups is 2. The number of ether oxygens (including phenoxy) is 1. The fourth-order valence-electron chi connectivity index (χ4n) is 1.78. The molecule has 1 N–H and O–H groups in total. The van der Waals surface area contributed by atoms with Crippen LogP contribution in [0.4, 0.5) is 5.69 Å². The van der Waals surface area contributed by atoms with E-state index in [1.807, 2.05) is 0 Å². The van der Waals surface area contributed by atoms with Crippen LogP contribution in [0.15, 0.2) is 24.3 Å². The van der Waals surface area contributed by atoms with Gasteiger partial charge in [0.05, 0.1) is 0 Å². The van der Waals surface area contributed by atoms with Gasteiger partial charge in [0.2, 0.25) is 0 Å². The highest BCUT2D eigenvalue weighted by Gasteiger charge is 2.69. The van der Waals surface area contributed by atoms with Crippen molar-refractivity contribution in [1.29, 1.82) is 0 Å². The average molecular weight is 351 g/mol. The molecule has 2 rings (SSSR count). The zero-order valence-corrected chi connectivity index (χ0v) is 13.7. The van der Waals surface area contributed by atoms with Gasteiger partial charge in [-0.25, -0.2) is 0 Å². The average Bonchev–Trinajstić information content (AvgIpc) is 2.89. The minimum atomic E-state index is -1.12. The first kappa shape index (κ1) is 16.4. The zero-order valence-electron chi connectivity index (χ0n) is 11.5. The summed E-state index contributed by atoms with van der Waals surface area (Å²) in [5, 5.41) is 3.11. The van der Waals surface area contributed by atoms with Crippen LogP contribution in [0, 0.1) is 5.41 Å². The van der Waals surface area contributed by atoms with E-state index in [9.17, 15) is 9.59 Å². The van der Waals surface area contributed by atoms with Crippen LogP contribution in [0.25, 0.3) is 0 Å². The van der Waals surface area contributed by atoms with Crippen molar-refractivity contribution in [3.8, 4) is 0 Å². The number of hydrogen-bond acceptors (Lipinski definition) is 3. The van der Waals surface area contributed by atoms with Gasteiger partial charge in [0, 0.05) is 17.1 Å². The van der Waals surface area contributed by atoms with Crippen molar-refractivity contribution in [3.05, 3.63) is 29.3 Å². The van der Waals surface area contributed by atoms with Crippen molar-refractivity contribution in [1.82, 2.24) is 0 Å². The molecule has 0 aromatic heterocycles. The molecular weight excluding hydrogens is 337 g/mol. The van der Waals surface area contributed by atoms with Crippen LogP contribution in [0.5, 0.6) is 0 Å². The normalized spacial score (nSPS) is 24.0. The van der Waals surface area contributed by atoms with Crippen molar-refractivity contribution in [2.45, 2.75) is 30.7 Å². The summed E-state index contributed by atoms with van der Waals surface area (Å²) in [7, 11) is 0. The molecule has 0 saturated heterocycles. The van der Waals surface area contributed by atoms with Gasteiger partial charge in [-0.3, -0.25) is 9.59 Å². The van der Waals surface area contributed by atoms with E-state index in [1.54, 1.807) is 31.2 Å². The summed E-state index contributed by atoms with van der Waals surface area (Å²) in [6.07, 6.45) is -0.650. The summed E-state index contributed by atoms with van der Waals surface area (Å²) < 4.78 is 4.01. The molecule has 7 heteroatoms. The molecule has 0 bridgehead atoms. The van der Waals surface area contributed by atoms with E-state index in [0.29, 0.717) is 17.1 Å². The number of alkyl halides is 2. The van der Waals surface area contributed by atoms with Gasteiger partial charge in [0.15, 0.2) is 6.10 Å². The minimum absolute atomic E-state index is 0.310. The smallest absolute Gasteiger partial charge is 0.315 e. The molecule has 21 heavy (non-hydrogen) atoms. The number of nitrogens with one attached hydrogen (secondary N) is 1. The fraction of sp³-hybridized carbons (Fsp3) is 0.429. The van der Waals surface area contributed by atoms with Gasteiger partial charge in [-0.05, 0) is 32.0 Å². The molecular formula is C14H14Cl3NO3. The lowest BCUT2D eigenvalue weighted by Gasteiger charge is -2.17. The van der Waals surface area contributed by atoms with Gasteiger partial charge in [-0.2, -0.15) is 0 Å². The van der Waals surface area contributed by atoms with Crippen LogP contribution >= 0.6 is 34.8 Å². The predicted octanol–water partition coefficient (Wildman–Crippen LogP) is 3.79. The number of halogens is 3. The van der Waals surface area contributed by atoms with Gasteiger partial charge in [0.1, 0.15) is 9.75 Å². The van der Waals surface area contributed by atoms with Crippen LogP contribution in [-0.4, -0.2) is 22.3 Å². The number of hydrogen-bond donors (Lipinski definition) is 1. The molecule has 2 atom stereocenters. The highest BCUT2D eigenvalue weighted by molar-refractivity contribution is 6.53. The molecule has 1 amide bonds. The van der Waals surface area contributed by atoms with E-state index >= 15 is 0 Å². The van der Waals surface area contributed by atoms with Crippen LogP contribution in [0.1, 0.15) is 20.3 Å². The second kappa shape index (κ2) is 5.67. The maximum absolute atomic E-state index is 12.0. The molecule has 1 aromatic carbocycles. The zero-order chi connectivity index (χ0) is 15.8. The fourth-order valence-corrected chi connectivity index (χ4v) is 2.65. The van der Waals surface area contributed by atoms with Gasteiger partial charge < -0.3 is 10.1 Å². The van der Waals surface area contributed by atoms with Crippen molar-refractivity contribution >= 4 is 52.4 Å². The number of amides is 1. The SMILES string of the molecule is C[C@H](OC(=O)[C@]1(C)CC1(Cl)Cl)C(=O)Nc1cccc(Cl)c1. The second-order valence-corrected chi connectivity index (χ2v) is 7.18. The molecule has 0 radical (unpaired) electrons. The third-order valence-electron chi connectivity index (χ3n) is 3.45. The summed E-state index contributed by atoms with van der Waals surface area (Å²) in [6, 6.07) is 6.67. The number of benzene rings is 1. The third-order valence-corrected chi connectivity index (χ3v) is 4.79. The Morgan fingerprint density at radius 2 is 2.00 bits per heavy atom. The maximum atomic E-state index is 12.0. The standard InChI is InChI=1S/C14H14Cl3NO3/c1-8(21-12(20)13(2)7-14(13,16)17)11(19)18-10-5-3-4-9(15)6-10/h3-6,8H,7H2,1-2H3,(H,18,19)/t8-,13-/m0/s1. The van der Waals surface area contributed by atoms with Crippen LogP contribution in [-0.2, 0) is 14.3 Å². The van der Waals surface area contributed by atoms with Crippen molar-refractivity contribution < 1.29 is 14.3 Å². The number of rotatable bonds is 4. The van der Waals surface area contributed by atoms with Crippen molar-refractivity contribution in [3.63, 3.8) is 0 Å². The number of esters is 1. The molecule has 4 nitrogen and oxygen atoms in total. The third kappa shape index (κ3) is 3.44. The van der Waals surface area contributed by atoms with Gasteiger partial charge in [-0.15, -0.1) is 23.2 Å². The molecule has 1 saturated carbocycles. The van der Waals surface area contributed by atoms with E-state index in [1.165, 1.54) is 6.92 Å². The summed E-state index contributed by atoms with van der Waals surface area (Å²) in [5.41, 5.74) is -0.433. The van der Waals surface area contributed by atoms with Gasteiger partial charge in [0.25, 0.3) is 5.91 Å². The van der Waals surface area contributed by atoms with Gasteiger partial charge >= 0.3 is 5.97 Å². The summed E-state index contributed by atoms with van der Waals surface area (Å²) >= 11 is 17.6. The van der Waals surface area contributed by atoms with Gasteiger partial charge in [-0.1, -0.05) is 17.7 Å². The Bertz CT molecular complexity index is 591. The van der Waals surface area contributed by atoms with E-state index in [0.717, 1.165) is 0 Å².